The van der Waals surface area contributed by atoms with Crippen molar-refractivity contribution in [3.63, 3.8) is 0 Å². The van der Waals surface area contributed by atoms with Crippen LogP contribution in [0, 0.1) is 0 Å². The van der Waals surface area contributed by atoms with E-state index in [1.165, 1.54) is 0 Å². The molecule has 0 spiro atoms. The first-order chi connectivity index (χ1) is 10.4. The first-order valence-corrected chi connectivity index (χ1v) is 8.81. The Balaban J connectivity index is 0.00000264. The van der Waals surface area contributed by atoms with Crippen molar-refractivity contribution in [2.75, 3.05) is 12.3 Å². The molecule has 0 atom stereocenters. The van der Waals surface area contributed by atoms with Crippen molar-refractivity contribution < 1.29 is 8.42 Å². The molecule has 3 N–H and O–H groups in total. The molecule has 0 saturated heterocycles. The van der Waals surface area contributed by atoms with Crippen LogP contribution in [0.5, 0.6) is 0 Å². The van der Waals surface area contributed by atoms with Gasteiger partial charge in [0, 0.05) is 12.2 Å². The number of nitrogens with two attached hydrogens (primary N) is 1. The number of anilines is 1. The summed E-state index contributed by atoms with van der Waals surface area (Å²) in [6.45, 7) is 4.44. The van der Waals surface area contributed by atoms with Gasteiger partial charge in [0.05, 0.1) is 4.90 Å². The van der Waals surface area contributed by atoms with Gasteiger partial charge in [-0.25, -0.2) is 13.1 Å². The molecule has 23 heavy (non-hydrogen) atoms. The van der Waals surface area contributed by atoms with Gasteiger partial charge < -0.3 is 5.73 Å². The lowest BCUT2D eigenvalue weighted by Gasteiger charge is -2.10. The smallest absolute Gasteiger partial charge is 0.240 e. The van der Waals surface area contributed by atoms with Crippen LogP contribution < -0.4 is 10.5 Å². The molecule has 0 bridgehead atoms. The Bertz CT molecular complexity index is 729. The van der Waals surface area contributed by atoms with Crippen LogP contribution in [0.4, 0.5) is 5.69 Å². The highest BCUT2D eigenvalue weighted by molar-refractivity contribution is 7.89. The second-order valence-corrected chi connectivity index (χ2v) is 7.38. The van der Waals surface area contributed by atoms with Crippen molar-refractivity contribution in [2.24, 2.45) is 0 Å². The van der Waals surface area contributed by atoms with E-state index < -0.39 is 10.0 Å². The quantitative estimate of drug-likeness (QED) is 0.781. The van der Waals surface area contributed by atoms with Gasteiger partial charge in [0.1, 0.15) is 0 Å². The molecule has 0 fully saturated rings. The summed E-state index contributed by atoms with van der Waals surface area (Å²) < 4.78 is 27.3. The SMILES string of the molecule is CC(C)c1cccc(S(=O)(=O)NCCc2ccc(N)cc2)c1.Cl. The maximum Gasteiger partial charge on any atom is 0.240 e. The Labute approximate surface area is 144 Å². The molecule has 0 radical (unpaired) electrons. The lowest BCUT2D eigenvalue weighted by atomic mass is 10.0. The summed E-state index contributed by atoms with van der Waals surface area (Å²) in [6.07, 6.45) is 0.628. The maximum absolute atomic E-state index is 12.3. The van der Waals surface area contributed by atoms with Crippen LogP contribution in [0.3, 0.4) is 0 Å². The second kappa shape index (κ2) is 8.34. The minimum absolute atomic E-state index is 0. The standard InChI is InChI=1S/C17H22N2O2S.ClH/c1-13(2)15-4-3-5-17(12-15)22(20,21)19-11-10-14-6-8-16(18)9-7-14;/h3-9,12-13,19H,10-11,18H2,1-2H3;1H. The molecule has 2 aromatic carbocycles. The number of rotatable bonds is 6. The third kappa shape index (κ3) is 5.53. The van der Waals surface area contributed by atoms with E-state index >= 15 is 0 Å². The first-order valence-electron chi connectivity index (χ1n) is 7.32. The fraction of sp³-hybridized carbons (Fsp3) is 0.294. The van der Waals surface area contributed by atoms with Gasteiger partial charge in [-0.2, -0.15) is 0 Å². The van der Waals surface area contributed by atoms with Gasteiger partial charge in [0.2, 0.25) is 10.0 Å². The average Bonchev–Trinajstić information content (AvgIpc) is 2.49. The lowest BCUT2D eigenvalue weighted by molar-refractivity contribution is 0.581. The third-order valence-corrected chi connectivity index (χ3v) is 4.98. The Kier molecular flexibility index (Phi) is 7.06. The van der Waals surface area contributed by atoms with Crippen molar-refractivity contribution in [1.29, 1.82) is 0 Å². The molecule has 6 heteroatoms. The van der Waals surface area contributed by atoms with E-state index in [2.05, 4.69) is 4.72 Å². The molecule has 0 aliphatic rings. The first kappa shape index (κ1) is 19.5. The Morgan fingerprint density at radius 1 is 1.09 bits per heavy atom. The molecule has 2 rings (SSSR count). The average molecular weight is 355 g/mol. The third-order valence-electron chi connectivity index (χ3n) is 3.52. The predicted octanol–water partition coefficient (Wildman–Crippen LogP) is 3.34. The number of hydrogen-bond donors (Lipinski definition) is 2. The zero-order valence-corrected chi connectivity index (χ0v) is 15.0. The number of sulfonamides is 1. The molecule has 0 aromatic heterocycles. The second-order valence-electron chi connectivity index (χ2n) is 5.62. The summed E-state index contributed by atoms with van der Waals surface area (Å²) >= 11 is 0. The van der Waals surface area contributed by atoms with Crippen molar-refractivity contribution in [3.05, 3.63) is 59.7 Å². The fourth-order valence-electron chi connectivity index (χ4n) is 2.14. The van der Waals surface area contributed by atoms with E-state index in [9.17, 15) is 8.42 Å². The summed E-state index contributed by atoms with van der Waals surface area (Å²) in [5.41, 5.74) is 8.40. The van der Waals surface area contributed by atoms with E-state index in [0.717, 1.165) is 11.1 Å². The molecule has 0 saturated carbocycles. The van der Waals surface area contributed by atoms with Gasteiger partial charge in [-0.1, -0.05) is 38.1 Å². The maximum atomic E-state index is 12.3. The lowest BCUT2D eigenvalue weighted by Crippen LogP contribution is -2.26. The number of nitrogens with one attached hydrogen (secondary N) is 1. The summed E-state index contributed by atoms with van der Waals surface area (Å²) in [7, 11) is -3.47. The molecular formula is C17H23ClN2O2S. The van der Waals surface area contributed by atoms with Crippen molar-refractivity contribution >= 4 is 28.1 Å². The van der Waals surface area contributed by atoms with Crippen LogP contribution in [0.15, 0.2) is 53.4 Å². The summed E-state index contributed by atoms with van der Waals surface area (Å²) in [5.74, 6) is 0.296. The van der Waals surface area contributed by atoms with Crippen LogP contribution >= 0.6 is 12.4 Å². The highest BCUT2D eigenvalue weighted by Gasteiger charge is 2.14. The summed E-state index contributed by atoms with van der Waals surface area (Å²) in [5, 5.41) is 0. The number of nitrogen functional groups attached to an aromatic ring is 1. The predicted molar refractivity (Wildman–Crippen MR) is 97.5 cm³/mol. The molecule has 0 aliphatic heterocycles. The van der Waals surface area contributed by atoms with Crippen LogP contribution in [-0.2, 0) is 16.4 Å². The molecule has 0 heterocycles. The normalized spacial score (nSPS) is 11.3. The van der Waals surface area contributed by atoms with Gasteiger partial charge in [-0.15, -0.1) is 12.4 Å². The minimum atomic E-state index is -3.47. The van der Waals surface area contributed by atoms with E-state index in [1.54, 1.807) is 18.2 Å². The number of halogens is 1. The molecule has 4 nitrogen and oxygen atoms in total. The van der Waals surface area contributed by atoms with Gasteiger partial charge in [0.25, 0.3) is 0 Å². The molecular weight excluding hydrogens is 332 g/mol. The van der Waals surface area contributed by atoms with Crippen LogP contribution in [-0.4, -0.2) is 15.0 Å². The molecule has 0 aliphatic carbocycles. The topological polar surface area (TPSA) is 72.2 Å². The Morgan fingerprint density at radius 2 is 1.74 bits per heavy atom. The zero-order chi connectivity index (χ0) is 16.2. The Morgan fingerprint density at radius 3 is 2.35 bits per heavy atom. The van der Waals surface area contributed by atoms with Crippen molar-refractivity contribution in [3.8, 4) is 0 Å². The van der Waals surface area contributed by atoms with Crippen LogP contribution in [0.25, 0.3) is 0 Å². The van der Waals surface area contributed by atoms with Crippen molar-refractivity contribution in [1.82, 2.24) is 4.72 Å². The van der Waals surface area contributed by atoms with E-state index in [4.69, 9.17) is 5.73 Å². The number of benzene rings is 2. The summed E-state index contributed by atoms with van der Waals surface area (Å²) in [6, 6.07) is 14.5. The largest absolute Gasteiger partial charge is 0.399 e. The minimum Gasteiger partial charge on any atom is -0.399 e. The highest BCUT2D eigenvalue weighted by atomic mass is 35.5. The van der Waals surface area contributed by atoms with Gasteiger partial charge >= 0.3 is 0 Å². The summed E-state index contributed by atoms with van der Waals surface area (Å²) in [4.78, 5) is 0.316. The van der Waals surface area contributed by atoms with Crippen molar-refractivity contribution in [2.45, 2.75) is 31.1 Å². The van der Waals surface area contributed by atoms with Gasteiger partial charge in [-0.05, 0) is 47.7 Å². The fourth-order valence-corrected chi connectivity index (χ4v) is 3.22. The van der Waals surface area contributed by atoms with Gasteiger partial charge in [0.15, 0.2) is 0 Å². The van der Waals surface area contributed by atoms with Gasteiger partial charge in [-0.3, -0.25) is 0 Å². The van der Waals surface area contributed by atoms with Crippen LogP contribution in [0.2, 0.25) is 0 Å². The molecule has 126 valence electrons. The Hall–Kier alpha value is -1.56. The zero-order valence-electron chi connectivity index (χ0n) is 13.3. The van der Waals surface area contributed by atoms with E-state index in [1.807, 2.05) is 44.2 Å². The molecule has 0 unspecified atom stereocenters. The highest BCUT2D eigenvalue weighted by Crippen LogP contribution is 2.18. The molecule has 2 aromatic rings. The van der Waals surface area contributed by atoms with Crippen LogP contribution in [0.1, 0.15) is 30.9 Å². The van der Waals surface area contributed by atoms with E-state index in [-0.39, 0.29) is 12.4 Å². The number of hydrogen-bond acceptors (Lipinski definition) is 3. The molecule has 0 amide bonds. The monoisotopic (exact) mass is 354 g/mol. The van der Waals surface area contributed by atoms with E-state index in [0.29, 0.717) is 29.5 Å².